The first-order valence-electron chi connectivity index (χ1n) is 14.1. The molecule has 0 saturated heterocycles. The minimum atomic E-state index is -0.0177. The Kier molecular flexibility index (Phi) is 5.96. The van der Waals surface area contributed by atoms with Crippen molar-refractivity contribution in [3.8, 4) is 0 Å². The topological polar surface area (TPSA) is 46.1 Å². The minimum Gasteiger partial charge on any atom is -0.377 e. The number of amides is 1. The van der Waals surface area contributed by atoms with Gasteiger partial charge in [-0.3, -0.25) is 4.79 Å². The van der Waals surface area contributed by atoms with E-state index in [0.29, 0.717) is 18.4 Å². The summed E-state index contributed by atoms with van der Waals surface area (Å²) in [5.74, 6) is 0.706. The molecular formula is C35H33N3O. The second-order valence-electron chi connectivity index (χ2n) is 10.8. The molecule has 1 aromatic heterocycles. The average molecular weight is 512 g/mol. The molecule has 1 aliphatic heterocycles. The Hall–Kier alpha value is -4.31. The molecule has 0 bridgehead atoms. The van der Waals surface area contributed by atoms with Crippen molar-refractivity contribution in [2.45, 2.75) is 38.3 Å². The number of nitrogens with zero attached hydrogens (tertiary/aromatic N) is 1. The molecule has 0 fully saturated rings. The van der Waals surface area contributed by atoms with Gasteiger partial charge in [-0.25, -0.2) is 0 Å². The monoisotopic (exact) mass is 511 g/mol. The highest BCUT2D eigenvalue weighted by Gasteiger charge is 2.39. The van der Waals surface area contributed by atoms with E-state index >= 15 is 0 Å². The number of para-hydroxylation sites is 2. The average Bonchev–Trinajstić information content (AvgIpc) is 3.60. The molecular weight excluding hydrogens is 478 g/mol. The van der Waals surface area contributed by atoms with Crippen LogP contribution in [0.3, 0.4) is 0 Å². The van der Waals surface area contributed by atoms with Gasteiger partial charge in [0.25, 0.3) is 5.91 Å². The predicted molar refractivity (Wildman–Crippen MR) is 160 cm³/mol. The van der Waals surface area contributed by atoms with Gasteiger partial charge < -0.3 is 15.2 Å². The molecule has 39 heavy (non-hydrogen) atoms. The van der Waals surface area contributed by atoms with Crippen LogP contribution in [0.25, 0.3) is 21.8 Å². The lowest BCUT2D eigenvalue weighted by Gasteiger charge is -2.38. The zero-order valence-electron chi connectivity index (χ0n) is 22.2. The van der Waals surface area contributed by atoms with Crippen LogP contribution in [-0.4, -0.2) is 17.0 Å². The summed E-state index contributed by atoms with van der Waals surface area (Å²) >= 11 is 0. The highest BCUT2D eigenvalue weighted by atomic mass is 16.1. The number of aryl methyl sites for hydroxylation is 1. The van der Waals surface area contributed by atoms with Gasteiger partial charge in [0.15, 0.2) is 0 Å². The van der Waals surface area contributed by atoms with E-state index in [-0.39, 0.29) is 11.9 Å². The van der Waals surface area contributed by atoms with Crippen molar-refractivity contribution in [1.82, 2.24) is 9.88 Å². The summed E-state index contributed by atoms with van der Waals surface area (Å²) in [5, 5.41) is 9.63. The van der Waals surface area contributed by atoms with Gasteiger partial charge in [0.2, 0.25) is 0 Å². The highest BCUT2D eigenvalue weighted by Crippen LogP contribution is 2.51. The quantitative estimate of drug-likeness (QED) is 0.230. The van der Waals surface area contributed by atoms with Crippen molar-refractivity contribution >= 4 is 33.4 Å². The van der Waals surface area contributed by atoms with E-state index in [9.17, 15) is 4.79 Å². The molecule has 4 aromatic carbocycles. The number of carbonyl (C=O) groups is 1. The Morgan fingerprint density at radius 1 is 0.923 bits per heavy atom. The second-order valence-corrected chi connectivity index (χ2v) is 10.8. The van der Waals surface area contributed by atoms with E-state index in [4.69, 9.17) is 0 Å². The van der Waals surface area contributed by atoms with Crippen molar-refractivity contribution in [3.63, 3.8) is 0 Å². The molecule has 2 N–H and O–H groups in total. The largest absolute Gasteiger partial charge is 0.377 e. The molecule has 1 amide bonds. The predicted octanol–water partition coefficient (Wildman–Crippen LogP) is 7.61. The van der Waals surface area contributed by atoms with Gasteiger partial charge in [0.1, 0.15) is 0 Å². The third-order valence-corrected chi connectivity index (χ3v) is 8.66. The maximum atomic E-state index is 13.4. The van der Waals surface area contributed by atoms with Gasteiger partial charge in [0, 0.05) is 40.8 Å². The smallest absolute Gasteiger partial charge is 0.253 e. The first kappa shape index (κ1) is 23.8. The van der Waals surface area contributed by atoms with Crippen molar-refractivity contribution in [2.24, 2.45) is 5.92 Å². The number of aromatic nitrogens is 1. The van der Waals surface area contributed by atoms with Crippen LogP contribution < -0.4 is 10.6 Å². The van der Waals surface area contributed by atoms with Gasteiger partial charge in [0.05, 0.1) is 17.3 Å². The number of benzene rings is 4. The summed E-state index contributed by atoms with van der Waals surface area (Å²) in [5.41, 5.74) is 8.00. The molecule has 2 heterocycles. The summed E-state index contributed by atoms with van der Waals surface area (Å²) in [4.78, 5) is 13.4. The van der Waals surface area contributed by atoms with E-state index in [1.807, 2.05) is 30.3 Å². The molecule has 4 heteroatoms. The number of hydrogen-bond acceptors (Lipinski definition) is 2. The lowest BCUT2D eigenvalue weighted by molar-refractivity contribution is 0.0954. The summed E-state index contributed by atoms with van der Waals surface area (Å²) < 4.78 is 2.40. The van der Waals surface area contributed by atoms with Crippen molar-refractivity contribution < 1.29 is 4.79 Å². The van der Waals surface area contributed by atoms with Crippen molar-refractivity contribution in [2.75, 3.05) is 11.9 Å². The molecule has 0 saturated carbocycles. The summed E-state index contributed by atoms with van der Waals surface area (Å²) in [6.07, 6.45) is 6.50. The molecule has 2 aliphatic rings. The van der Waals surface area contributed by atoms with Crippen molar-refractivity contribution in [3.05, 3.63) is 125 Å². The number of nitrogens with one attached hydrogen (secondary N) is 2. The van der Waals surface area contributed by atoms with Crippen LogP contribution in [0.2, 0.25) is 0 Å². The second kappa shape index (κ2) is 9.77. The third kappa shape index (κ3) is 4.02. The van der Waals surface area contributed by atoms with Crippen LogP contribution in [0.1, 0.15) is 52.4 Å². The zero-order chi connectivity index (χ0) is 26.3. The number of fused-ring (bicyclic) bond motifs is 6. The maximum absolute atomic E-state index is 13.4. The lowest BCUT2D eigenvalue weighted by Crippen LogP contribution is -2.32. The molecule has 1 aliphatic carbocycles. The number of allylic oxidation sites excluding steroid dienone is 2. The van der Waals surface area contributed by atoms with Gasteiger partial charge >= 0.3 is 0 Å². The third-order valence-electron chi connectivity index (χ3n) is 8.66. The Bertz CT molecular complexity index is 1710. The van der Waals surface area contributed by atoms with E-state index in [1.54, 1.807) is 0 Å². The van der Waals surface area contributed by atoms with Crippen LogP contribution in [0.5, 0.6) is 0 Å². The molecule has 3 atom stereocenters. The van der Waals surface area contributed by atoms with Crippen molar-refractivity contribution in [1.29, 1.82) is 0 Å². The molecule has 0 radical (unpaired) electrons. The Balaban J connectivity index is 1.23. The van der Waals surface area contributed by atoms with Crippen LogP contribution in [0, 0.1) is 5.92 Å². The summed E-state index contributed by atoms with van der Waals surface area (Å²) in [6.45, 7) is 3.76. The minimum absolute atomic E-state index is 0.0177. The Morgan fingerprint density at radius 2 is 1.74 bits per heavy atom. The SMILES string of the molecule is CCn1c2ccccc2c2cc(C3Nc4c(C(=O)NCCc5ccccc5)cccc4C4C=CCC43)ccc21. The van der Waals surface area contributed by atoms with E-state index in [1.165, 1.54) is 38.5 Å². The van der Waals surface area contributed by atoms with Crippen LogP contribution >= 0.6 is 0 Å². The highest BCUT2D eigenvalue weighted by molar-refractivity contribution is 6.08. The van der Waals surface area contributed by atoms with E-state index in [0.717, 1.165) is 30.6 Å². The van der Waals surface area contributed by atoms with Gasteiger partial charge in [-0.15, -0.1) is 0 Å². The first-order valence-corrected chi connectivity index (χ1v) is 14.1. The van der Waals surface area contributed by atoms with Crippen LogP contribution in [0.4, 0.5) is 5.69 Å². The fourth-order valence-corrected chi connectivity index (χ4v) is 6.81. The van der Waals surface area contributed by atoms with Crippen LogP contribution in [-0.2, 0) is 13.0 Å². The molecule has 7 rings (SSSR count). The number of carbonyl (C=O) groups excluding carboxylic acids is 1. The summed E-state index contributed by atoms with van der Waals surface area (Å²) in [7, 11) is 0. The molecule has 4 nitrogen and oxygen atoms in total. The maximum Gasteiger partial charge on any atom is 0.253 e. The fourth-order valence-electron chi connectivity index (χ4n) is 6.81. The summed E-state index contributed by atoms with van der Waals surface area (Å²) in [6, 6.07) is 32.2. The number of rotatable bonds is 6. The lowest BCUT2D eigenvalue weighted by atomic mass is 9.76. The van der Waals surface area contributed by atoms with Gasteiger partial charge in [-0.2, -0.15) is 0 Å². The first-order chi connectivity index (χ1) is 19.2. The van der Waals surface area contributed by atoms with E-state index in [2.05, 4.69) is 94.9 Å². The molecule has 0 spiro atoms. The Morgan fingerprint density at radius 3 is 2.62 bits per heavy atom. The Labute approximate surface area is 229 Å². The number of anilines is 1. The fraction of sp³-hybridized carbons (Fsp3) is 0.229. The standard InChI is InChI=1S/C35H33N3O/c1-2-38-31-17-7-6-12-26(31)30-22-24(18-19-32(30)38)33-27-14-8-13-25(27)28-15-9-16-29(34(28)37-33)35(39)36-21-20-23-10-4-3-5-11-23/h3-13,15-19,22,25,27,33,37H,2,14,20-21H2,1H3,(H,36,39). The molecule has 3 unspecified atom stereocenters. The number of hydrogen-bond donors (Lipinski definition) is 2. The molecule has 5 aromatic rings. The molecule has 194 valence electrons. The zero-order valence-corrected chi connectivity index (χ0v) is 22.2. The van der Waals surface area contributed by atoms with Gasteiger partial charge in [-0.05, 0) is 66.6 Å². The van der Waals surface area contributed by atoms with Crippen LogP contribution in [0.15, 0.2) is 103 Å². The van der Waals surface area contributed by atoms with E-state index < -0.39 is 0 Å². The normalized spacial score (nSPS) is 19.6. The van der Waals surface area contributed by atoms with Gasteiger partial charge in [-0.1, -0.05) is 78.9 Å².